The molecule has 1 rings (SSSR count). The summed E-state index contributed by atoms with van der Waals surface area (Å²) in [7, 11) is 0. The molecule has 0 radical (unpaired) electrons. The van der Waals surface area contributed by atoms with Gasteiger partial charge in [-0.25, -0.2) is 0 Å². The maximum atomic E-state index is 13.1. The minimum absolute atomic E-state index is 0.191. The molecule has 7 unspecified atom stereocenters. The molecule has 0 aromatic heterocycles. The molecule has 1 heterocycles. The van der Waals surface area contributed by atoms with Gasteiger partial charge in [-0.2, -0.15) is 0 Å². The van der Waals surface area contributed by atoms with Crippen LogP contribution in [-0.2, 0) is 14.3 Å². The van der Waals surface area contributed by atoms with Gasteiger partial charge in [-0.15, -0.1) is 0 Å². The van der Waals surface area contributed by atoms with Crippen molar-refractivity contribution in [2.75, 3.05) is 13.2 Å². The van der Waals surface area contributed by atoms with E-state index in [2.05, 4.69) is 129 Å². The van der Waals surface area contributed by atoms with Gasteiger partial charge >= 0.3 is 0 Å². The van der Waals surface area contributed by atoms with E-state index in [0.717, 1.165) is 89.9 Å². The topological polar surface area (TPSA) is 149 Å². The number of aliphatic hydroxyl groups excluding tert-OH is 5. The van der Waals surface area contributed by atoms with Crippen LogP contribution in [0.25, 0.3) is 0 Å². The predicted molar refractivity (Wildman–Crippen MR) is 368 cm³/mol. The average molecular weight is 1200 g/mol. The van der Waals surface area contributed by atoms with E-state index in [1.165, 1.54) is 193 Å². The molecule has 86 heavy (non-hydrogen) atoms. The minimum Gasteiger partial charge on any atom is -0.394 e. The quantitative estimate of drug-likeness (QED) is 0.0261. The molecular weight excluding hydrogens is 1070 g/mol. The Bertz CT molecular complexity index is 1780. The van der Waals surface area contributed by atoms with Gasteiger partial charge in [0.05, 0.1) is 25.4 Å². The molecule has 9 heteroatoms. The molecule has 9 nitrogen and oxygen atoms in total. The van der Waals surface area contributed by atoms with Crippen molar-refractivity contribution in [1.29, 1.82) is 0 Å². The van der Waals surface area contributed by atoms with E-state index in [4.69, 9.17) is 9.47 Å². The van der Waals surface area contributed by atoms with E-state index in [-0.39, 0.29) is 12.5 Å². The highest BCUT2D eigenvalue weighted by molar-refractivity contribution is 5.76. The number of nitrogens with one attached hydrogen (secondary N) is 1. The highest BCUT2D eigenvalue weighted by atomic mass is 16.7. The standard InChI is InChI=1S/C77H133NO8/c1-3-5-7-9-11-13-15-17-19-21-23-25-27-29-30-31-32-33-34-35-36-37-38-39-40-41-42-43-45-47-49-51-53-55-57-59-61-63-65-67-73(81)78-70(69-85-77-76(84)75(83)74(82)72(68-79)86-77)71(80)66-64-62-60-58-56-54-52-50-48-46-44-28-26-24-22-20-18-16-14-12-10-8-6-4-2/h5,7,11,13,17,19,23,25,29-30,32-33,35-36,48,50,56,58,64,66,70-72,74-77,79-80,82-84H,3-4,6,8-10,12,14-16,18,20-22,24,26-28,31,34,37-47,49,51-55,57,59-63,65,67-69H2,1-2H3,(H,78,81)/b7-5-,13-11-,19-17-,25-23-,30-29-,33-32-,36-35-,50-48+,58-56+,66-64+. The first-order chi connectivity index (χ1) is 42.3. The van der Waals surface area contributed by atoms with Gasteiger partial charge in [0.25, 0.3) is 0 Å². The zero-order chi connectivity index (χ0) is 62.1. The van der Waals surface area contributed by atoms with Crippen LogP contribution in [0.2, 0.25) is 0 Å². The molecule has 0 aliphatic carbocycles. The first kappa shape index (κ1) is 80.6. The molecule has 1 saturated heterocycles. The number of unbranched alkanes of at least 4 members (excludes halogenated alkanes) is 33. The van der Waals surface area contributed by atoms with E-state index >= 15 is 0 Å². The summed E-state index contributed by atoms with van der Waals surface area (Å²) in [5.74, 6) is -0.191. The van der Waals surface area contributed by atoms with Gasteiger partial charge in [-0.3, -0.25) is 4.79 Å². The van der Waals surface area contributed by atoms with Gasteiger partial charge < -0.3 is 40.3 Å². The Morgan fingerprint density at radius 2 is 0.733 bits per heavy atom. The molecule has 0 spiro atoms. The number of aliphatic hydroxyl groups is 5. The maximum Gasteiger partial charge on any atom is 0.220 e. The lowest BCUT2D eigenvalue weighted by Gasteiger charge is -2.40. The van der Waals surface area contributed by atoms with Crippen LogP contribution < -0.4 is 5.32 Å². The fourth-order valence-electron chi connectivity index (χ4n) is 10.7. The van der Waals surface area contributed by atoms with Crippen molar-refractivity contribution in [1.82, 2.24) is 5.32 Å². The maximum absolute atomic E-state index is 13.1. The Kier molecular flexibility index (Phi) is 60.5. The second kappa shape index (κ2) is 64.6. The molecule has 7 atom stereocenters. The number of amides is 1. The van der Waals surface area contributed by atoms with Crippen molar-refractivity contribution >= 4 is 5.91 Å². The third-order valence-corrected chi connectivity index (χ3v) is 16.2. The van der Waals surface area contributed by atoms with Crippen LogP contribution in [0.15, 0.2) is 122 Å². The molecule has 0 saturated carbocycles. The van der Waals surface area contributed by atoms with Crippen molar-refractivity contribution in [2.24, 2.45) is 0 Å². The van der Waals surface area contributed by atoms with E-state index < -0.39 is 49.5 Å². The number of hydrogen-bond acceptors (Lipinski definition) is 8. The summed E-state index contributed by atoms with van der Waals surface area (Å²) in [6.45, 7) is 3.67. The van der Waals surface area contributed by atoms with Crippen LogP contribution in [0.3, 0.4) is 0 Å². The third kappa shape index (κ3) is 52.5. The summed E-state index contributed by atoms with van der Waals surface area (Å²) < 4.78 is 11.3. The summed E-state index contributed by atoms with van der Waals surface area (Å²) in [5, 5.41) is 54.7. The second-order valence-corrected chi connectivity index (χ2v) is 24.3. The van der Waals surface area contributed by atoms with Crippen molar-refractivity contribution < 1.29 is 39.8 Å². The summed E-state index contributed by atoms with van der Waals surface area (Å²) in [4.78, 5) is 13.1. The highest BCUT2D eigenvalue weighted by Gasteiger charge is 2.44. The van der Waals surface area contributed by atoms with E-state index in [1.807, 2.05) is 6.08 Å². The SMILES string of the molecule is CC/C=C\C/C=C\C/C=C\C/C=C\C/C=C\C/C=C\C/C=C\CCCCCCCCCCCCCCCCCCCC(=O)NC(COC1OC(CO)C(O)C(O)C1O)C(O)/C=C/CC/C=C/CC/C=C/CCCCCCCCCCCCCCCC. The lowest BCUT2D eigenvalue weighted by molar-refractivity contribution is -0.302. The Morgan fingerprint density at radius 1 is 0.407 bits per heavy atom. The first-order valence-corrected chi connectivity index (χ1v) is 35.8. The predicted octanol–water partition coefficient (Wildman–Crippen LogP) is 19.8. The number of hydrogen-bond donors (Lipinski definition) is 6. The third-order valence-electron chi connectivity index (χ3n) is 16.2. The zero-order valence-electron chi connectivity index (χ0n) is 55.3. The summed E-state index contributed by atoms with van der Waals surface area (Å²) in [5.41, 5.74) is 0. The Hall–Kier alpha value is -3.41. The smallest absolute Gasteiger partial charge is 0.220 e. The first-order valence-electron chi connectivity index (χ1n) is 35.8. The largest absolute Gasteiger partial charge is 0.394 e. The van der Waals surface area contributed by atoms with Crippen LogP contribution >= 0.6 is 0 Å². The minimum atomic E-state index is -1.58. The van der Waals surface area contributed by atoms with Crippen LogP contribution in [0.4, 0.5) is 0 Å². The normalized spacial score (nSPS) is 18.8. The van der Waals surface area contributed by atoms with Crippen molar-refractivity contribution in [3.8, 4) is 0 Å². The van der Waals surface area contributed by atoms with Crippen molar-refractivity contribution in [3.05, 3.63) is 122 Å². The Morgan fingerprint density at radius 3 is 1.12 bits per heavy atom. The van der Waals surface area contributed by atoms with Crippen molar-refractivity contribution in [3.63, 3.8) is 0 Å². The van der Waals surface area contributed by atoms with Crippen molar-refractivity contribution in [2.45, 2.75) is 346 Å². The molecule has 1 fully saturated rings. The van der Waals surface area contributed by atoms with Crippen LogP contribution in [0.5, 0.6) is 0 Å². The monoisotopic (exact) mass is 1200 g/mol. The van der Waals surface area contributed by atoms with Crippen LogP contribution in [0.1, 0.15) is 303 Å². The Labute approximate surface area is 528 Å². The van der Waals surface area contributed by atoms with Gasteiger partial charge in [0.1, 0.15) is 24.4 Å². The zero-order valence-corrected chi connectivity index (χ0v) is 55.3. The summed E-state index contributed by atoms with van der Waals surface area (Å²) in [6.07, 6.45) is 90.2. The van der Waals surface area contributed by atoms with Gasteiger partial charge in [0, 0.05) is 6.42 Å². The van der Waals surface area contributed by atoms with E-state index in [0.29, 0.717) is 6.42 Å². The van der Waals surface area contributed by atoms with E-state index in [9.17, 15) is 30.3 Å². The molecule has 494 valence electrons. The highest BCUT2D eigenvalue weighted by Crippen LogP contribution is 2.23. The van der Waals surface area contributed by atoms with Gasteiger partial charge in [0.15, 0.2) is 6.29 Å². The molecule has 1 aliphatic heterocycles. The summed E-state index contributed by atoms with van der Waals surface area (Å²) in [6, 6.07) is -0.835. The van der Waals surface area contributed by atoms with E-state index in [1.54, 1.807) is 6.08 Å². The molecule has 0 aromatic rings. The lowest BCUT2D eigenvalue weighted by Crippen LogP contribution is -2.60. The average Bonchev–Trinajstić information content (AvgIpc) is 3.55. The molecular formula is C77H133NO8. The molecule has 1 aliphatic rings. The van der Waals surface area contributed by atoms with Gasteiger partial charge in [-0.1, -0.05) is 315 Å². The van der Waals surface area contributed by atoms with Crippen LogP contribution in [-0.4, -0.2) is 87.5 Å². The molecule has 0 aromatic carbocycles. The number of carbonyl (C=O) groups is 1. The summed E-state index contributed by atoms with van der Waals surface area (Å²) >= 11 is 0. The Balaban J connectivity index is 2.13. The number of carbonyl (C=O) groups excluding carboxylic acids is 1. The van der Waals surface area contributed by atoms with Gasteiger partial charge in [0.2, 0.25) is 5.91 Å². The fourth-order valence-corrected chi connectivity index (χ4v) is 10.7. The lowest BCUT2D eigenvalue weighted by atomic mass is 9.99. The fraction of sp³-hybridized carbons (Fsp3) is 0.727. The number of ether oxygens (including phenoxy) is 2. The van der Waals surface area contributed by atoms with Crippen LogP contribution in [0, 0.1) is 0 Å². The molecule has 6 N–H and O–H groups in total. The number of rotatable bonds is 61. The second-order valence-electron chi connectivity index (χ2n) is 24.3. The van der Waals surface area contributed by atoms with Gasteiger partial charge in [-0.05, 0) is 103 Å². The molecule has 0 bridgehead atoms. The molecule has 1 amide bonds. The number of allylic oxidation sites excluding steroid dienone is 19.